The predicted octanol–water partition coefficient (Wildman–Crippen LogP) is 2.92. The molecule has 6 heteroatoms. The number of nitrogens with one attached hydrogen (secondary N) is 1. The number of fused-ring (bicyclic) bond motifs is 1. The highest BCUT2D eigenvalue weighted by atomic mass is 16.6. The number of nitrogens with zero attached hydrogens (tertiary/aromatic N) is 1. The van der Waals surface area contributed by atoms with E-state index in [1.165, 1.54) is 0 Å². The Kier molecular flexibility index (Phi) is 3.65. The molecule has 4 rings (SSSR count). The molecule has 0 bridgehead atoms. The molecule has 126 valence electrons. The Balaban J connectivity index is 1.79. The zero-order valence-corrected chi connectivity index (χ0v) is 13.7. The molecule has 25 heavy (non-hydrogen) atoms. The van der Waals surface area contributed by atoms with E-state index in [1.54, 1.807) is 12.1 Å². The molecule has 0 fully saturated rings. The number of carbonyl (C=O) groups excluding carboxylic acids is 1. The van der Waals surface area contributed by atoms with Gasteiger partial charge in [0.2, 0.25) is 5.91 Å². The molecule has 0 radical (unpaired) electrons. The Labute approximate surface area is 144 Å². The fraction of sp³-hybridized carbons (Fsp3) is 0.158. The van der Waals surface area contributed by atoms with Gasteiger partial charge >= 0.3 is 0 Å². The van der Waals surface area contributed by atoms with Crippen molar-refractivity contribution in [2.75, 3.05) is 13.2 Å². The summed E-state index contributed by atoms with van der Waals surface area (Å²) in [4.78, 5) is 11.3. The summed E-state index contributed by atoms with van der Waals surface area (Å²) in [6.45, 7) is 3.08. The molecule has 2 aromatic carbocycles. The summed E-state index contributed by atoms with van der Waals surface area (Å²) < 4.78 is 11.3. The number of rotatable bonds is 3. The summed E-state index contributed by atoms with van der Waals surface area (Å²) in [5.74, 6) is 1.04. The Morgan fingerprint density at radius 2 is 1.72 bits per heavy atom. The van der Waals surface area contributed by atoms with Gasteiger partial charge in [-0.15, -0.1) is 0 Å². The van der Waals surface area contributed by atoms with E-state index in [0.717, 1.165) is 39.6 Å². The molecule has 0 saturated heterocycles. The van der Waals surface area contributed by atoms with Crippen molar-refractivity contribution in [1.82, 2.24) is 10.2 Å². The molecule has 0 aliphatic carbocycles. The molecule has 1 aromatic heterocycles. The molecule has 3 aromatic rings. The average Bonchev–Trinajstić information content (AvgIpc) is 3.03. The van der Waals surface area contributed by atoms with Crippen LogP contribution in [0.1, 0.15) is 16.1 Å². The van der Waals surface area contributed by atoms with Gasteiger partial charge in [0.1, 0.15) is 18.9 Å². The van der Waals surface area contributed by atoms with E-state index in [2.05, 4.69) is 10.2 Å². The fourth-order valence-corrected chi connectivity index (χ4v) is 2.98. The van der Waals surface area contributed by atoms with Gasteiger partial charge in [-0.25, -0.2) is 0 Å². The number of hydrogen-bond donors (Lipinski definition) is 2. The van der Waals surface area contributed by atoms with Crippen molar-refractivity contribution in [2.45, 2.75) is 6.92 Å². The van der Waals surface area contributed by atoms with Crippen LogP contribution in [0.2, 0.25) is 0 Å². The smallest absolute Gasteiger partial charge is 0.248 e. The van der Waals surface area contributed by atoms with Gasteiger partial charge in [0.15, 0.2) is 11.5 Å². The fourth-order valence-electron chi connectivity index (χ4n) is 2.98. The van der Waals surface area contributed by atoms with Crippen LogP contribution in [0.3, 0.4) is 0 Å². The van der Waals surface area contributed by atoms with Crippen LogP contribution in [-0.4, -0.2) is 29.3 Å². The van der Waals surface area contributed by atoms with Gasteiger partial charge in [-0.3, -0.25) is 9.89 Å². The lowest BCUT2D eigenvalue weighted by Gasteiger charge is -2.19. The first-order chi connectivity index (χ1) is 12.1. The lowest BCUT2D eigenvalue weighted by atomic mass is 9.98. The monoisotopic (exact) mass is 335 g/mol. The van der Waals surface area contributed by atoms with Crippen molar-refractivity contribution in [3.8, 4) is 33.9 Å². The van der Waals surface area contributed by atoms with Gasteiger partial charge in [-0.2, -0.15) is 5.10 Å². The average molecular weight is 335 g/mol. The third kappa shape index (κ3) is 2.71. The molecule has 2 heterocycles. The van der Waals surface area contributed by atoms with Crippen LogP contribution in [0.5, 0.6) is 11.5 Å². The predicted molar refractivity (Wildman–Crippen MR) is 93.7 cm³/mol. The van der Waals surface area contributed by atoms with Crippen LogP contribution in [-0.2, 0) is 0 Å². The SMILES string of the molecule is Cc1[nH]nc(-c2ccc(C(N)=O)cc2)c1-c1ccc2c(c1)OCCO2. The van der Waals surface area contributed by atoms with Crippen LogP contribution < -0.4 is 15.2 Å². The summed E-state index contributed by atoms with van der Waals surface area (Å²) in [6, 6.07) is 13.0. The van der Waals surface area contributed by atoms with E-state index in [-0.39, 0.29) is 0 Å². The van der Waals surface area contributed by atoms with E-state index in [4.69, 9.17) is 15.2 Å². The number of benzene rings is 2. The quantitative estimate of drug-likeness (QED) is 0.770. The Morgan fingerprint density at radius 1 is 1.04 bits per heavy atom. The van der Waals surface area contributed by atoms with Crippen molar-refractivity contribution < 1.29 is 14.3 Å². The van der Waals surface area contributed by atoms with Gasteiger partial charge in [0.05, 0.1) is 0 Å². The standard InChI is InChI=1S/C19H17N3O3/c1-11-17(14-6-7-15-16(10-14)25-9-8-24-15)18(22-21-11)12-2-4-13(5-3-12)19(20)23/h2-7,10H,8-9H2,1H3,(H2,20,23)(H,21,22). The first kappa shape index (κ1) is 15.3. The number of aromatic amines is 1. The van der Waals surface area contributed by atoms with Gasteiger partial charge in [0.25, 0.3) is 0 Å². The first-order valence-corrected chi connectivity index (χ1v) is 7.99. The molecule has 0 saturated carbocycles. The minimum Gasteiger partial charge on any atom is -0.486 e. The van der Waals surface area contributed by atoms with Crippen LogP contribution in [0.15, 0.2) is 42.5 Å². The lowest BCUT2D eigenvalue weighted by molar-refractivity contribution is 0.100. The number of aryl methyl sites for hydroxylation is 1. The maximum Gasteiger partial charge on any atom is 0.248 e. The molecule has 1 aliphatic heterocycles. The summed E-state index contributed by atoms with van der Waals surface area (Å²) in [5.41, 5.74) is 10.4. The van der Waals surface area contributed by atoms with Crippen molar-refractivity contribution in [1.29, 1.82) is 0 Å². The van der Waals surface area contributed by atoms with Crippen LogP contribution >= 0.6 is 0 Å². The zero-order valence-electron chi connectivity index (χ0n) is 13.7. The van der Waals surface area contributed by atoms with Crippen molar-refractivity contribution in [3.63, 3.8) is 0 Å². The van der Waals surface area contributed by atoms with Gasteiger partial charge in [-0.1, -0.05) is 18.2 Å². The van der Waals surface area contributed by atoms with Crippen LogP contribution in [0, 0.1) is 6.92 Å². The molecule has 0 unspecified atom stereocenters. The third-order valence-electron chi connectivity index (χ3n) is 4.22. The number of hydrogen-bond acceptors (Lipinski definition) is 4. The molecule has 6 nitrogen and oxygen atoms in total. The normalized spacial score (nSPS) is 12.8. The maximum absolute atomic E-state index is 11.3. The van der Waals surface area contributed by atoms with Gasteiger partial charge in [0, 0.05) is 22.4 Å². The summed E-state index contributed by atoms with van der Waals surface area (Å²) in [7, 11) is 0. The molecular formula is C19H17N3O3. The second-order valence-corrected chi connectivity index (χ2v) is 5.87. The van der Waals surface area contributed by atoms with Crippen molar-refractivity contribution in [3.05, 3.63) is 53.7 Å². The second-order valence-electron chi connectivity index (χ2n) is 5.87. The Morgan fingerprint density at radius 3 is 2.44 bits per heavy atom. The highest BCUT2D eigenvalue weighted by Crippen LogP contribution is 2.38. The maximum atomic E-state index is 11.3. The van der Waals surface area contributed by atoms with Gasteiger partial charge < -0.3 is 15.2 Å². The van der Waals surface area contributed by atoms with E-state index in [9.17, 15) is 4.79 Å². The van der Waals surface area contributed by atoms with E-state index in [0.29, 0.717) is 18.8 Å². The minimum absolute atomic E-state index is 0.447. The third-order valence-corrected chi connectivity index (χ3v) is 4.22. The largest absolute Gasteiger partial charge is 0.486 e. The second kappa shape index (κ2) is 5.98. The number of nitrogens with two attached hydrogens (primary N) is 1. The minimum atomic E-state index is -0.447. The van der Waals surface area contributed by atoms with Gasteiger partial charge in [-0.05, 0) is 36.8 Å². The lowest BCUT2D eigenvalue weighted by Crippen LogP contribution is -2.15. The van der Waals surface area contributed by atoms with E-state index in [1.807, 2.05) is 37.3 Å². The number of aromatic nitrogens is 2. The Bertz CT molecular complexity index is 945. The molecular weight excluding hydrogens is 318 g/mol. The first-order valence-electron chi connectivity index (χ1n) is 7.99. The van der Waals surface area contributed by atoms with Crippen LogP contribution in [0.4, 0.5) is 0 Å². The topological polar surface area (TPSA) is 90.2 Å². The van der Waals surface area contributed by atoms with E-state index < -0.39 is 5.91 Å². The highest BCUT2D eigenvalue weighted by Gasteiger charge is 2.18. The Hall–Kier alpha value is -3.28. The molecule has 1 amide bonds. The molecule has 1 aliphatic rings. The summed E-state index contributed by atoms with van der Waals surface area (Å²) in [6.07, 6.45) is 0. The van der Waals surface area contributed by atoms with Crippen LogP contribution in [0.25, 0.3) is 22.4 Å². The number of carbonyl (C=O) groups is 1. The number of primary amides is 1. The summed E-state index contributed by atoms with van der Waals surface area (Å²) >= 11 is 0. The molecule has 3 N–H and O–H groups in total. The number of ether oxygens (including phenoxy) is 2. The van der Waals surface area contributed by atoms with E-state index >= 15 is 0 Å². The zero-order chi connectivity index (χ0) is 17.4. The molecule has 0 spiro atoms. The van der Waals surface area contributed by atoms with Crippen molar-refractivity contribution in [2.24, 2.45) is 5.73 Å². The molecule has 0 atom stereocenters. The highest BCUT2D eigenvalue weighted by molar-refractivity contribution is 5.93. The van der Waals surface area contributed by atoms with Crippen molar-refractivity contribution >= 4 is 5.91 Å². The summed E-state index contributed by atoms with van der Waals surface area (Å²) in [5, 5.41) is 7.47. The number of H-pyrrole nitrogens is 1. The number of amides is 1.